The first-order chi connectivity index (χ1) is 20.5. The standard InChI is InChI=1S/C35H40O8/c1-22(2)32(36)40-19-9-7-11-25-13-14-27-21-30(26-15-17-28(18-16-26)42-34(38)24(5)6)35(39)43-31(27)29(25)12-8-10-20-41-33(37)23(3)4/h13-18,21,33,37H,1,3,5,7-12,19-20H2,2,4,6H3. The average molecular weight is 589 g/mol. The minimum atomic E-state index is -0.990. The highest BCUT2D eigenvalue weighted by Crippen LogP contribution is 2.29. The molecule has 8 heteroatoms. The summed E-state index contributed by atoms with van der Waals surface area (Å²) in [6.45, 7) is 16.4. The van der Waals surface area contributed by atoms with Crippen LogP contribution in [0.25, 0.3) is 22.1 Å². The van der Waals surface area contributed by atoms with Gasteiger partial charge in [0.15, 0.2) is 6.29 Å². The predicted molar refractivity (Wildman–Crippen MR) is 167 cm³/mol. The van der Waals surface area contributed by atoms with E-state index < -0.39 is 23.9 Å². The molecule has 0 bridgehead atoms. The number of hydrogen-bond donors (Lipinski definition) is 1. The van der Waals surface area contributed by atoms with Gasteiger partial charge in [-0.15, -0.1) is 0 Å². The normalized spacial score (nSPS) is 11.6. The fourth-order valence-corrected chi connectivity index (χ4v) is 4.34. The van der Waals surface area contributed by atoms with Crippen LogP contribution in [0.15, 0.2) is 88.1 Å². The summed E-state index contributed by atoms with van der Waals surface area (Å²) in [7, 11) is 0. The van der Waals surface area contributed by atoms with Crippen LogP contribution in [0.5, 0.6) is 5.75 Å². The fraction of sp³-hybridized carbons (Fsp3) is 0.343. The Morgan fingerprint density at radius 2 is 1.51 bits per heavy atom. The number of carbonyl (C=O) groups excluding carboxylic acids is 2. The van der Waals surface area contributed by atoms with E-state index in [-0.39, 0.29) is 5.57 Å². The summed E-state index contributed by atoms with van der Waals surface area (Å²) >= 11 is 0. The SMILES string of the molecule is C=C(C)C(=O)OCCCCc1ccc2cc(-c3ccc(OC(=O)C(=C)C)cc3)c(=O)oc2c1CCCCOC(O)C(=C)C. The van der Waals surface area contributed by atoms with E-state index >= 15 is 0 Å². The second-order valence-corrected chi connectivity index (χ2v) is 10.7. The van der Waals surface area contributed by atoms with Gasteiger partial charge in [0.2, 0.25) is 0 Å². The Morgan fingerprint density at radius 3 is 2.16 bits per heavy atom. The van der Waals surface area contributed by atoms with Crippen LogP contribution in [-0.2, 0) is 31.9 Å². The highest BCUT2D eigenvalue weighted by Gasteiger charge is 2.15. The topological polar surface area (TPSA) is 112 Å². The third-order valence-electron chi connectivity index (χ3n) is 6.77. The van der Waals surface area contributed by atoms with Gasteiger partial charge in [-0.3, -0.25) is 0 Å². The molecule has 43 heavy (non-hydrogen) atoms. The number of aliphatic hydroxyl groups excluding tert-OH is 1. The highest BCUT2D eigenvalue weighted by molar-refractivity contribution is 5.89. The minimum absolute atomic E-state index is 0.289. The van der Waals surface area contributed by atoms with Gasteiger partial charge >= 0.3 is 17.6 Å². The van der Waals surface area contributed by atoms with Gasteiger partial charge in [-0.25, -0.2) is 14.4 Å². The minimum Gasteiger partial charge on any atom is -0.462 e. The van der Waals surface area contributed by atoms with E-state index in [9.17, 15) is 19.5 Å². The lowest BCUT2D eigenvalue weighted by atomic mass is 9.94. The highest BCUT2D eigenvalue weighted by atomic mass is 16.6. The predicted octanol–water partition coefficient (Wildman–Crippen LogP) is 6.62. The second-order valence-electron chi connectivity index (χ2n) is 10.7. The summed E-state index contributed by atoms with van der Waals surface area (Å²) in [6.07, 6.45) is 3.29. The zero-order chi connectivity index (χ0) is 31.5. The Balaban J connectivity index is 1.82. The van der Waals surface area contributed by atoms with E-state index in [4.69, 9.17) is 18.6 Å². The maximum absolute atomic E-state index is 13.2. The van der Waals surface area contributed by atoms with Crippen LogP contribution < -0.4 is 10.4 Å². The van der Waals surface area contributed by atoms with Crippen molar-refractivity contribution in [2.45, 2.75) is 65.6 Å². The van der Waals surface area contributed by atoms with Gasteiger partial charge < -0.3 is 23.7 Å². The maximum atomic E-state index is 13.2. The molecule has 0 aliphatic rings. The molecular formula is C35H40O8. The molecule has 0 saturated heterocycles. The van der Waals surface area contributed by atoms with Crippen molar-refractivity contribution >= 4 is 22.9 Å². The van der Waals surface area contributed by atoms with Crippen molar-refractivity contribution in [3.8, 4) is 16.9 Å². The van der Waals surface area contributed by atoms with Gasteiger partial charge in [-0.1, -0.05) is 44.0 Å². The Hall–Kier alpha value is -4.27. The van der Waals surface area contributed by atoms with Crippen LogP contribution in [0.1, 0.15) is 57.6 Å². The third kappa shape index (κ3) is 9.63. The van der Waals surface area contributed by atoms with E-state index in [1.807, 2.05) is 18.2 Å². The van der Waals surface area contributed by atoms with E-state index in [1.54, 1.807) is 45.0 Å². The Labute approximate surface area is 252 Å². The number of aliphatic hydroxyl groups is 1. The number of esters is 2. The second kappa shape index (κ2) is 15.8. The van der Waals surface area contributed by atoms with Crippen LogP contribution >= 0.6 is 0 Å². The molecule has 1 atom stereocenters. The van der Waals surface area contributed by atoms with Gasteiger partial charge in [0, 0.05) is 16.5 Å². The van der Waals surface area contributed by atoms with E-state index in [0.29, 0.717) is 66.1 Å². The van der Waals surface area contributed by atoms with E-state index in [1.165, 1.54) is 0 Å². The summed E-state index contributed by atoms with van der Waals surface area (Å²) in [5.41, 5.74) is 4.30. The molecule has 3 rings (SSSR count). The van der Waals surface area contributed by atoms with Gasteiger partial charge in [-0.2, -0.15) is 0 Å². The van der Waals surface area contributed by atoms with Crippen molar-refractivity contribution in [3.05, 3.63) is 100 Å². The van der Waals surface area contributed by atoms with Crippen molar-refractivity contribution in [1.29, 1.82) is 0 Å². The summed E-state index contributed by atoms with van der Waals surface area (Å²) < 4.78 is 21.8. The lowest BCUT2D eigenvalue weighted by molar-refractivity contribution is -0.139. The molecule has 0 fully saturated rings. The van der Waals surface area contributed by atoms with Gasteiger partial charge in [-0.05, 0) is 99.8 Å². The Morgan fingerprint density at radius 1 is 0.860 bits per heavy atom. The molecule has 0 aliphatic heterocycles. The number of hydrogen-bond acceptors (Lipinski definition) is 8. The van der Waals surface area contributed by atoms with Crippen molar-refractivity contribution < 1.29 is 33.3 Å². The Kier molecular flexibility index (Phi) is 12.2. The first-order valence-electron chi connectivity index (χ1n) is 14.3. The lowest BCUT2D eigenvalue weighted by Crippen LogP contribution is -2.13. The van der Waals surface area contributed by atoms with Gasteiger partial charge in [0.05, 0.1) is 18.8 Å². The molecule has 0 saturated carbocycles. The van der Waals surface area contributed by atoms with Gasteiger partial charge in [0.25, 0.3) is 0 Å². The average Bonchev–Trinajstić information content (AvgIpc) is 2.97. The summed E-state index contributed by atoms with van der Waals surface area (Å²) in [6, 6.07) is 12.4. The number of fused-ring (bicyclic) bond motifs is 1. The lowest BCUT2D eigenvalue weighted by Gasteiger charge is -2.14. The van der Waals surface area contributed by atoms with Crippen molar-refractivity contribution in [1.82, 2.24) is 0 Å². The number of rotatable bonds is 16. The molecule has 228 valence electrons. The molecule has 1 heterocycles. The Bertz CT molecular complexity index is 1540. The summed E-state index contributed by atoms with van der Waals surface area (Å²) in [5, 5.41) is 10.6. The fourth-order valence-electron chi connectivity index (χ4n) is 4.34. The number of unbranched alkanes of at least 4 members (excludes halogenated alkanes) is 2. The molecule has 0 amide bonds. The first-order valence-corrected chi connectivity index (χ1v) is 14.3. The zero-order valence-corrected chi connectivity index (χ0v) is 25.2. The van der Waals surface area contributed by atoms with Crippen molar-refractivity contribution in [3.63, 3.8) is 0 Å². The number of ether oxygens (including phenoxy) is 3. The molecule has 8 nitrogen and oxygen atoms in total. The smallest absolute Gasteiger partial charge is 0.344 e. The summed E-state index contributed by atoms with van der Waals surface area (Å²) in [5.74, 6) is -0.568. The van der Waals surface area contributed by atoms with Crippen LogP contribution in [0.2, 0.25) is 0 Å². The number of benzene rings is 2. The third-order valence-corrected chi connectivity index (χ3v) is 6.77. The van der Waals surface area contributed by atoms with E-state index in [0.717, 1.165) is 35.8 Å². The monoisotopic (exact) mass is 588 g/mol. The number of carbonyl (C=O) groups is 2. The zero-order valence-electron chi connectivity index (χ0n) is 25.2. The molecular weight excluding hydrogens is 548 g/mol. The first kappa shape index (κ1) is 33.2. The molecule has 1 N–H and O–H groups in total. The maximum Gasteiger partial charge on any atom is 0.344 e. The molecule has 1 unspecified atom stereocenters. The number of aryl methyl sites for hydroxylation is 2. The molecule has 0 spiro atoms. The van der Waals surface area contributed by atoms with Crippen molar-refractivity contribution in [2.75, 3.05) is 13.2 Å². The van der Waals surface area contributed by atoms with Crippen LogP contribution in [0.4, 0.5) is 0 Å². The molecule has 0 aliphatic carbocycles. The summed E-state index contributed by atoms with van der Waals surface area (Å²) in [4.78, 5) is 36.7. The van der Waals surface area contributed by atoms with E-state index in [2.05, 4.69) is 19.7 Å². The van der Waals surface area contributed by atoms with Crippen LogP contribution in [-0.4, -0.2) is 36.5 Å². The largest absolute Gasteiger partial charge is 0.462 e. The van der Waals surface area contributed by atoms with Crippen LogP contribution in [0.3, 0.4) is 0 Å². The van der Waals surface area contributed by atoms with Crippen molar-refractivity contribution in [2.24, 2.45) is 0 Å². The quantitative estimate of drug-likeness (QED) is 0.0378. The molecule has 2 aromatic carbocycles. The molecule has 0 radical (unpaired) electrons. The van der Waals surface area contributed by atoms with Crippen LogP contribution in [0, 0.1) is 0 Å². The van der Waals surface area contributed by atoms with Gasteiger partial charge in [0.1, 0.15) is 11.3 Å². The molecule has 1 aromatic heterocycles. The molecule has 3 aromatic rings.